The van der Waals surface area contributed by atoms with Crippen molar-refractivity contribution >= 4 is 21.6 Å². The number of ether oxygens (including phenoxy) is 2. The number of likely N-dealkylation sites (N-methyl/N-ethyl adjacent to an activating group) is 1. The molecule has 0 spiro atoms. The Labute approximate surface area is 190 Å². The fourth-order valence-corrected chi connectivity index (χ4v) is 5.19. The highest BCUT2D eigenvalue weighted by atomic mass is 32.1. The molecular weight excluding hydrogens is 422 g/mol. The molecule has 0 amide bonds. The van der Waals surface area contributed by atoms with Crippen molar-refractivity contribution < 1.29 is 9.47 Å². The minimum atomic E-state index is -0.0931. The maximum absolute atomic E-state index is 13.0. The minimum Gasteiger partial charge on any atom is -0.486 e. The van der Waals surface area contributed by atoms with Crippen LogP contribution >= 0.6 is 11.3 Å². The molecule has 2 aromatic carbocycles. The van der Waals surface area contributed by atoms with Crippen molar-refractivity contribution in [2.45, 2.75) is 26.5 Å². The van der Waals surface area contributed by atoms with E-state index in [1.165, 1.54) is 5.56 Å². The fourth-order valence-electron chi connectivity index (χ4n) is 4.13. The molecule has 1 N–H and O–H groups in total. The number of benzene rings is 2. The number of nitrogens with zero attached hydrogens (tertiary/aromatic N) is 2. The summed E-state index contributed by atoms with van der Waals surface area (Å²) in [7, 11) is 1.99. The van der Waals surface area contributed by atoms with Crippen LogP contribution in [0.3, 0.4) is 0 Å². The van der Waals surface area contributed by atoms with Crippen LogP contribution in [0.5, 0.6) is 11.5 Å². The first-order valence-electron chi connectivity index (χ1n) is 10.6. The van der Waals surface area contributed by atoms with Crippen LogP contribution < -0.4 is 15.0 Å². The van der Waals surface area contributed by atoms with Gasteiger partial charge in [0.25, 0.3) is 5.56 Å². The molecule has 7 heteroatoms. The normalized spacial score (nSPS) is 15.4. The summed E-state index contributed by atoms with van der Waals surface area (Å²) in [5.41, 5.74) is 3.12. The highest BCUT2D eigenvalue weighted by Crippen LogP contribution is 2.35. The third kappa shape index (κ3) is 4.01. The zero-order chi connectivity index (χ0) is 22.2. The number of fused-ring (bicyclic) bond motifs is 2. The minimum absolute atomic E-state index is 0.0810. The quantitative estimate of drug-likeness (QED) is 0.487. The lowest BCUT2D eigenvalue weighted by Crippen LogP contribution is -2.39. The Hall–Kier alpha value is -3.16. The van der Waals surface area contributed by atoms with Crippen molar-refractivity contribution in [2.24, 2.45) is 0 Å². The zero-order valence-electron chi connectivity index (χ0n) is 18.3. The highest BCUT2D eigenvalue weighted by molar-refractivity contribution is 7.19. The second kappa shape index (κ2) is 8.41. The standard InChI is InChI=1S/C25H25N3O3S/c1-15-8-10-17(11-9-15)22-16(2)32-25-23(22)24(29)26-21(27-25)13-28(3)12-18-14-30-19-6-4-5-7-20(19)31-18/h4-11,18H,12-14H2,1-3H3,(H,26,27,29)/t18-/m1/s1. The molecule has 1 aliphatic heterocycles. The van der Waals surface area contributed by atoms with E-state index in [0.717, 1.165) is 32.3 Å². The van der Waals surface area contributed by atoms with Gasteiger partial charge in [-0.25, -0.2) is 4.98 Å². The maximum Gasteiger partial charge on any atom is 0.260 e. The molecule has 1 atom stereocenters. The molecule has 0 saturated carbocycles. The zero-order valence-corrected chi connectivity index (χ0v) is 19.2. The van der Waals surface area contributed by atoms with Gasteiger partial charge in [-0.05, 0) is 38.6 Å². The number of aromatic amines is 1. The van der Waals surface area contributed by atoms with Crippen LogP contribution in [0.25, 0.3) is 21.3 Å². The summed E-state index contributed by atoms with van der Waals surface area (Å²) in [5.74, 6) is 2.20. The number of nitrogens with one attached hydrogen (secondary N) is 1. The molecular formula is C25H25N3O3S. The summed E-state index contributed by atoms with van der Waals surface area (Å²) in [5, 5.41) is 0.670. The molecule has 0 radical (unpaired) electrons. The van der Waals surface area contributed by atoms with Gasteiger partial charge in [-0.1, -0.05) is 42.0 Å². The lowest BCUT2D eigenvalue weighted by Gasteiger charge is -2.29. The lowest BCUT2D eigenvalue weighted by atomic mass is 10.0. The van der Waals surface area contributed by atoms with Crippen LogP contribution in [0.4, 0.5) is 0 Å². The maximum atomic E-state index is 13.0. The van der Waals surface area contributed by atoms with Crippen LogP contribution in [-0.4, -0.2) is 41.2 Å². The summed E-state index contributed by atoms with van der Waals surface area (Å²) < 4.78 is 11.9. The van der Waals surface area contributed by atoms with Crippen LogP contribution in [0, 0.1) is 13.8 Å². The summed E-state index contributed by atoms with van der Waals surface area (Å²) in [6.07, 6.45) is -0.0810. The van der Waals surface area contributed by atoms with E-state index in [9.17, 15) is 4.79 Å². The largest absolute Gasteiger partial charge is 0.486 e. The van der Waals surface area contributed by atoms with Crippen molar-refractivity contribution in [2.75, 3.05) is 20.2 Å². The van der Waals surface area contributed by atoms with Gasteiger partial charge in [-0.2, -0.15) is 0 Å². The van der Waals surface area contributed by atoms with Crippen molar-refractivity contribution in [3.63, 3.8) is 0 Å². The Morgan fingerprint density at radius 1 is 1.12 bits per heavy atom. The topological polar surface area (TPSA) is 67.5 Å². The van der Waals surface area contributed by atoms with Gasteiger partial charge >= 0.3 is 0 Å². The molecule has 3 heterocycles. The molecule has 1 aliphatic rings. The second-order valence-electron chi connectivity index (χ2n) is 8.29. The van der Waals surface area contributed by atoms with Crippen LogP contribution in [0.2, 0.25) is 0 Å². The number of thiophene rings is 1. The molecule has 164 valence electrons. The fraction of sp³-hybridized carbons (Fsp3) is 0.280. The number of hydrogen-bond acceptors (Lipinski definition) is 6. The van der Waals surface area contributed by atoms with Gasteiger partial charge < -0.3 is 14.5 Å². The number of hydrogen-bond donors (Lipinski definition) is 1. The Balaban J connectivity index is 1.35. The number of para-hydroxylation sites is 2. The molecule has 2 aromatic heterocycles. The monoisotopic (exact) mass is 447 g/mol. The van der Waals surface area contributed by atoms with E-state index < -0.39 is 0 Å². The number of aromatic nitrogens is 2. The average molecular weight is 448 g/mol. The van der Waals surface area contributed by atoms with Gasteiger partial charge in [0.2, 0.25) is 0 Å². The third-order valence-corrected chi connectivity index (χ3v) is 6.63. The first-order chi connectivity index (χ1) is 15.5. The molecule has 0 unspecified atom stereocenters. The SMILES string of the molecule is Cc1ccc(-c2c(C)sc3nc(CN(C)C[C@@H]4COc5ccccc5O4)[nH]c(=O)c23)cc1. The summed E-state index contributed by atoms with van der Waals surface area (Å²) in [6.45, 7) is 5.78. The van der Waals surface area contributed by atoms with E-state index in [4.69, 9.17) is 14.5 Å². The first kappa shape index (κ1) is 20.7. The van der Waals surface area contributed by atoms with Crippen molar-refractivity contribution in [3.05, 3.63) is 75.1 Å². The predicted octanol–water partition coefficient (Wildman–Crippen LogP) is 4.54. The predicted molar refractivity (Wildman–Crippen MR) is 128 cm³/mol. The lowest BCUT2D eigenvalue weighted by molar-refractivity contribution is 0.0632. The Bertz CT molecular complexity index is 1330. The molecule has 0 fully saturated rings. The van der Waals surface area contributed by atoms with Gasteiger partial charge in [-0.3, -0.25) is 9.69 Å². The van der Waals surface area contributed by atoms with Crippen LogP contribution in [0.1, 0.15) is 16.3 Å². The number of H-pyrrole nitrogens is 1. The molecule has 32 heavy (non-hydrogen) atoms. The number of rotatable bonds is 5. The summed E-state index contributed by atoms with van der Waals surface area (Å²) >= 11 is 1.57. The van der Waals surface area contributed by atoms with Gasteiger partial charge in [0.1, 0.15) is 23.4 Å². The van der Waals surface area contributed by atoms with Gasteiger partial charge in [0.05, 0.1) is 11.9 Å². The average Bonchev–Trinajstić information content (AvgIpc) is 3.10. The molecule has 0 bridgehead atoms. The molecule has 0 saturated heterocycles. The van der Waals surface area contributed by atoms with E-state index >= 15 is 0 Å². The molecule has 6 nitrogen and oxygen atoms in total. The molecule has 5 rings (SSSR count). The summed E-state index contributed by atoms with van der Waals surface area (Å²) in [6, 6.07) is 16.0. The van der Waals surface area contributed by atoms with Gasteiger partial charge in [0, 0.05) is 17.0 Å². The highest BCUT2D eigenvalue weighted by Gasteiger charge is 2.23. The van der Waals surface area contributed by atoms with Gasteiger partial charge in [-0.15, -0.1) is 11.3 Å². The second-order valence-corrected chi connectivity index (χ2v) is 9.49. The molecule has 4 aromatic rings. The Morgan fingerprint density at radius 3 is 2.66 bits per heavy atom. The van der Waals surface area contributed by atoms with E-state index in [1.807, 2.05) is 38.2 Å². The van der Waals surface area contributed by atoms with Crippen LogP contribution in [0.15, 0.2) is 53.3 Å². The Morgan fingerprint density at radius 2 is 1.88 bits per heavy atom. The van der Waals surface area contributed by atoms with Crippen molar-refractivity contribution in [3.8, 4) is 22.6 Å². The smallest absolute Gasteiger partial charge is 0.260 e. The molecule has 0 aliphatic carbocycles. The van der Waals surface area contributed by atoms with Crippen LogP contribution in [-0.2, 0) is 6.54 Å². The van der Waals surface area contributed by atoms with E-state index in [0.29, 0.717) is 30.9 Å². The van der Waals surface area contributed by atoms with E-state index in [1.54, 1.807) is 11.3 Å². The third-order valence-electron chi connectivity index (χ3n) is 5.63. The van der Waals surface area contributed by atoms with Crippen molar-refractivity contribution in [1.82, 2.24) is 14.9 Å². The van der Waals surface area contributed by atoms with Crippen molar-refractivity contribution in [1.29, 1.82) is 0 Å². The Kier molecular flexibility index (Phi) is 5.45. The van der Waals surface area contributed by atoms with Gasteiger partial charge in [0.15, 0.2) is 11.5 Å². The number of aryl methyl sites for hydroxylation is 2. The summed E-state index contributed by atoms with van der Waals surface area (Å²) in [4.78, 5) is 24.8. The first-order valence-corrected chi connectivity index (χ1v) is 11.5. The van der Waals surface area contributed by atoms with E-state index in [-0.39, 0.29) is 11.7 Å². The van der Waals surface area contributed by atoms with E-state index in [2.05, 4.69) is 41.1 Å².